The molecule has 1 aromatic heterocycles. The molecule has 1 aromatic rings. The van der Waals surface area contributed by atoms with E-state index in [1.807, 2.05) is 0 Å². The number of anilines is 1. The van der Waals surface area contributed by atoms with Gasteiger partial charge >= 0.3 is 0 Å². The fourth-order valence-corrected chi connectivity index (χ4v) is 1.12. The summed E-state index contributed by atoms with van der Waals surface area (Å²) in [5, 5.41) is 9.01. The van der Waals surface area contributed by atoms with Crippen LogP contribution in [0, 0.1) is 0 Å². The molecule has 0 aliphatic carbocycles. The van der Waals surface area contributed by atoms with Gasteiger partial charge in [0.25, 0.3) is 0 Å². The van der Waals surface area contributed by atoms with Crippen molar-refractivity contribution in [1.82, 2.24) is 10.2 Å². The molecule has 0 amide bonds. The maximum Gasteiger partial charge on any atom is 0.243 e. The van der Waals surface area contributed by atoms with Crippen LogP contribution in [0.25, 0.3) is 0 Å². The Hall–Kier alpha value is -1.89. The topological polar surface area (TPSA) is 122 Å². The summed E-state index contributed by atoms with van der Waals surface area (Å²) >= 11 is 0. The first-order valence-electron chi connectivity index (χ1n) is 3.57. The summed E-state index contributed by atoms with van der Waals surface area (Å²) in [5.41, 5.74) is 11.7. The standard InChI is InChI=1S/C6H8N6O/c7-4-3-1-9-12-5(3)11-6(8,2-13)10-4/h1-2H,8H2,(H2,7,10)(H2,9,11,12). The lowest BCUT2D eigenvalue weighted by Crippen LogP contribution is -2.51. The molecule has 2 rings (SSSR count). The number of aromatic nitrogens is 2. The fraction of sp³-hybridized carbons (Fsp3) is 0.167. The van der Waals surface area contributed by atoms with E-state index in [1.54, 1.807) is 0 Å². The molecule has 2 heterocycles. The van der Waals surface area contributed by atoms with Crippen molar-refractivity contribution >= 4 is 17.9 Å². The van der Waals surface area contributed by atoms with Gasteiger partial charge in [-0.15, -0.1) is 0 Å². The molecule has 0 radical (unpaired) electrons. The summed E-state index contributed by atoms with van der Waals surface area (Å²) in [6.07, 6.45) is 1.98. The molecule has 0 saturated heterocycles. The highest BCUT2D eigenvalue weighted by molar-refractivity contribution is 6.04. The number of fused-ring (bicyclic) bond motifs is 1. The third kappa shape index (κ3) is 1.05. The number of hydrogen-bond donors (Lipinski definition) is 4. The van der Waals surface area contributed by atoms with E-state index in [0.717, 1.165) is 0 Å². The van der Waals surface area contributed by atoms with Crippen LogP contribution in [0.5, 0.6) is 0 Å². The van der Waals surface area contributed by atoms with Gasteiger partial charge in [-0.3, -0.25) is 15.6 Å². The summed E-state index contributed by atoms with van der Waals surface area (Å²) < 4.78 is 0. The number of hydrogen-bond acceptors (Lipinski definition) is 6. The number of nitrogens with two attached hydrogens (primary N) is 2. The van der Waals surface area contributed by atoms with Crippen molar-refractivity contribution in [1.29, 1.82) is 0 Å². The number of nitrogens with one attached hydrogen (secondary N) is 2. The van der Waals surface area contributed by atoms with Gasteiger partial charge in [-0.2, -0.15) is 5.10 Å². The SMILES string of the molecule is NC1=NC(N)(C=O)Nc2[nH]ncc21. The number of carbonyl (C=O) groups excluding carboxylic acids is 1. The summed E-state index contributed by atoms with van der Waals surface area (Å²) in [6, 6.07) is 0. The molecule has 7 heteroatoms. The maximum atomic E-state index is 10.6. The van der Waals surface area contributed by atoms with E-state index < -0.39 is 5.79 Å². The van der Waals surface area contributed by atoms with E-state index in [1.165, 1.54) is 6.20 Å². The minimum absolute atomic E-state index is 0.192. The Morgan fingerprint density at radius 3 is 3.08 bits per heavy atom. The molecule has 7 nitrogen and oxygen atoms in total. The summed E-state index contributed by atoms with van der Waals surface area (Å²) in [4.78, 5) is 14.4. The van der Waals surface area contributed by atoms with Crippen molar-refractivity contribution in [3.8, 4) is 0 Å². The molecular formula is C6H8N6O. The van der Waals surface area contributed by atoms with Crippen LogP contribution in [-0.2, 0) is 4.79 Å². The Morgan fingerprint density at radius 1 is 1.62 bits per heavy atom. The average Bonchev–Trinajstić information content (AvgIpc) is 2.52. The zero-order valence-electron chi connectivity index (χ0n) is 6.61. The minimum atomic E-state index is -1.48. The van der Waals surface area contributed by atoms with Crippen molar-refractivity contribution in [3.63, 3.8) is 0 Å². The minimum Gasteiger partial charge on any atom is -0.383 e. The number of amidine groups is 1. The van der Waals surface area contributed by atoms with Gasteiger partial charge in [0.05, 0.1) is 11.8 Å². The average molecular weight is 180 g/mol. The zero-order chi connectivity index (χ0) is 9.47. The van der Waals surface area contributed by atoms with E-state index in [4.69, 9.17) is 11.5 Å². The predicted molar refractivity (Wildman–Crippen MR) is 45.9 cm³/mol. The first-order chi connectivity index (χ1) is 6.14. The summed E-state index contributed by atoms with van der Waals surface area (Å²) in [7, 11) is 0. The first kappa shape index (κ1) is 7.74. The molecular weight excluding hydrogens is 172 g/mol. The third-order valence-corrected chi connectivity index (χ3v) is 1.73. The molecule has 1 aliphatic heterocycles. The van der Waals surface area contributed by atoms with Gasteiger partial charge in [0, 0.05) is 0 Å². The van der Waals surface area contributed by atoms with Gasteiger partial charge in [-0.05, 0) is 0 Å². The van der Waals surface area contributed by atoms with Crippen molar-refractivity contribution < 1.29 is 4.79 Å². The molecule has 0 fully saturated rings. The highest BCUT2D eigenvalue weighted by Gasteiger charge is 2.30. The number of aldehydes is 1. The van der Waals surface area contributed by atoms with Gasteiger partial charge in [0.2, 0.25) is 5.79 Å². The van der Waals surface area contributed by atoms with Gasteiger partial charge in [-0.25, -0.2) is 4.99 Å². The van der Waals surface area contributed by atoms with Crippen molar-refractivity contribution in [2.24, 2.45) is 16.5 Å². The van der Waals surface area contributed by atoms with Crippen LogP contribution in [0.4, 0.5) is 5.82 Å². The van der Waals surface area contributed by atoms with Crippen LogP contribution >= 0.6 is 0 Å². The number of H-pyrrole nitrogens is 1. The van der Waals surface area contributed by atoms with Gasteiger partial charge in [-0.1, -0.05) is 0 Å². The number of rotatable bonds is 1. The number of nitrogens with zero attached hydrogens (tertiary/aromatic N) is 2. The Morgan fingerprint density at radius 2 is 2.38 bits per heavy atom. The van der Waals surface area contributed by atoms with Crippen LogP contribution in [0.15, 0.2) is 11.2 Å². The Balaban J connectivity index is 2.51. The highest BCUT2D eigenvalue weighted by atomic mass is 16.1. The molecule has 1 atom stereocenters. The van der Waals surface area contributed by atoms with Crippen LogP contribution in [0.3, 0.4) is 0 Å². The molecule has 68 valence electrons. The fourth-order valence-electron chi connectivity index (χ4n) is 1.12. The molecule has 13 heavy (non-hydrogen) atoms. The monoisotopic (exact) mass is 180 g/mol. The maximum absolute atomic E-state index is 10.6. The second kappa shape index (κ2) is 2.30. The van der Waals surface area contributed by atoms with Gasteiger partial charge in [0.1, 0.15) is 11.7 Å². The number of aliphatic imine (C=N–C) groups is 1. The Kier molecular flexibility index (Phi) is 1.37. The lowest BCUT2D eigenvalue weighted by atomic mass is 10.2. The van der Waals surface area contributed by atoms with E-state index in [2.05, 4.69) is 20.5 Å². The first-order valence-corrected chi connectivity index (χ1v) is 3.57. The van der Waals surface area contributed by atoms with Crippen molar-refractivity contribution in [2.45, 2.75) is 5.79 Å². The number of carbonyl (C=O) groups is 1. The van der Waals surface area contributed by atoms with Crippen molar-refractivity contribution in [2.75, 3.05) is 5.32 Å². The van der Waals surface area contributed by atoms with Crippen molar-refractivity contribution in [3.05, 3.63) is 11.8 Å². The number of aromatic amines is 1. The van der Waals surface area contributed by atoms with Crippen LogP contribution in [0.1, 0.15) is 5.56 Å². The molecule has 1 unspecified atom stereocenters. The van der Waals surface area contributed by atoms with E-state index in [9.17, 15) is 4.79 Å². The van der Waals surface area contributed by atoms with Crippen LogP contribution in [-0.4, -0.2) is 28.1 Å². The second-order valence-electron chi connectivity index (χ2n) is 2.72. The predicted octanol–water partition coefficient (Wildman–Crippen LogP) is -1.65. The van der Waals surface area contributed by atoms with Crippen LogP contribution in [0.2, 0.25) is 0 Å². The Bertz CT molecular complexity index is 382. The molecule has 0 aromatic carbocycles. The molecule has 0 bridgehead atoms. The summed E-state index contributed by atoms with van der Waals surface area (Å²) in [5.74, 6) is -0.789. The van der Waals surface area contributed by atoms with E-state index in [-0.39, 0.29) is 5.84 Å². The zero-order valence-corrected chi connectivity index (χ0v) is 6.61. The van der Waals surface area contributed by atoms with E-state index >= 15 is 0 Å². The van der Waals surface area contributed by atoms with E-state index in [0.29, 0.717) is 17.7 Å². The molecule has 6 N–H and O–H groups in total. The smallest absolute Gasteiger partial charge is 0.243 e. The molecule has 0 spiro atoms. The summed E-state index contributed by atoms with van der Waals surface area (Å²) in [6.45, 7) is 0. The third-order valence-electron chi connectivity index (χ3n) is 1.73. The quantitative estimate of drug-likeness (QED) is 0.386. The normalized spacial score (nSPS) is 25.8. The van der Waals surface area contributed by atoms with Crippen LogP contribution < -0.4 is 16.8 Å². The Labute approximate surface area is 73.2 Å². The lowest BCUT2D eigenvalue weighted by Gasteiger charge is -2.25. The largest absolute Gasteiger partial charge is 0.383 e. The molecule has 1 aliphatic rings. The molecule has 0 saturated carbocycles. The van der Waals surface area contributed by atoms with Gasteiger partial charge in [0.15, 0.2) is 6.29 Å². The highest BCUT2D eigenvalue weighted by Crippen LogP contribution is 2.19. The second-order valence-corrected chi connectivity index (χ2v) is 2.72. The lowest BCUT2D eigenvalue weighted by molar-refractivity contribution is -0.111. The van der Waals surface area contributed by atoms with Gasteiger partial charge < -0.3 is 11.1 Å².